The van der Waals surface area contributed by atoms with Crippen LogP contribution in [0.1, 0.15) is 21.5 Å². The van der Waals surface area contributed by atoms with Crippen LogP contribution in [0.4, 0.5) is 10.1 Å². The lowest BCUT2D eigenvalue weighted by Crippen LogP contribution is -2.22. The van der Waals surface area contributed by atoms with Crippen LogP contribution in [-0.2, 0) is 13.2 Å². The normalized spacial score (nSPS) is 10.8. The molecule has 0 spiro atoms. The minimum absolute atomic E-state index is 0.0479. The first-order chi connectivity index (χ1) is 19.4. The molecule has 0 aliphatic heterocycles. The Labute approximate surface area is 238 Å². The van der Waals surface area contributed by atoms with Gasteiger partial charge in [-0.05, 0) is 59.0 Å². The third-order valence-corrected chi connectivity index (χ3v) is 7.43. The molecule has 3 aromatic carbocycles. The molecule has 0 saturated carbocycles. The number of pyridine rings is 1. The number of nitro groups is 1. The fourth-order valence-electron chi connectivity index (χ4n) is 4.07. The molecule has 200 valence electrons. The first-order valence-corrected chi connectivity index (χ1v) is 13.4. The summed E-state index contributed by atoms with van der Waals surface area (Å²) in [7, 11) is 0. The van der Waals surface area contributed by atoms with Crippen molar-refractivity contribution in [3.05, 3.63) is 134 Å². The molecule has 0 saturated heterocycles. The van der Waals surface area contributed by atoms with Crippen LogP contribution in [0, 0.1) is 15.9 Å². The number of aromatic nitrogens is 1. The SMILES string of the molecule is O=C(NCc1cccnc1)c1ccc(-c2sccc2-c2cc([N+](=O)[O-])ccc2OCc2ccc(F)cc2Cl)cc1. The van der Waals surface area contributed by atoms with E-state index in [1.807, 2.05) is 35.7 Å². The number of ether oxygens (including phenoxy) is 1. The Kier molecular flexibility index (Phi) is 8.14. The molecule has 1 amide bonds. The summed E-state index contributed by atoms with van der Waals surface area (Å²) < 4.78 is 19.5. The van der Waals surface area contributed by atoms with Crippen LogP contribution >= 0.6 is 22.9 Å². The Morgan fingerprint density at radius 3 is 2.60 bits per heavy atom. The van der Waals surface area contributed by atoms with Gasteiger partial charge in [0.15, 0.2) is 0 Å². The van der Waals surface area contributed by atoms with Crippen LogP contribution in [0.5, 0.6) is 5.75 Å². The van der Waals surface area contributed by atoms with Gasteiger partial charge in [-0.1, -0.05) is 35.9 Å². The first-order valence-electron chi connectivity index (χ1n) is 12.1. The van der Waals surface area contributed by atoms with Crippen molar-refractivity contribution in [2.75, 3.05) is 0 Å². The zero-order chi connectivity index (χ0) is 28.1. The number of nitro benzene ring substituents is 1. The minimum Gasteiger partial charge on any atom is -0.488 e. The number of hydrogen-bond acceptors (Lipinski definition) is 6. The van der Waals surface area contributed by atoms with E-state index < -0.39 is 10.7 Å². The summed E-state index contributed by atoms with van der Waals surface area (Å²) in [5, 5.41) is 16.6. The number of hydrogen-bond donors (Lipinski definition) is 1. The molecule has 40 heavy (non-hydrogen) atoms. The fourth-order valence-corrected chi connectivity index (χ4v) is 5.21. The van der Waals surface area contributed by atoms with Crippen molar-refractivity contribution < 1.29 is 18.8 Å². The van der Waals surface area contributed by atoms with E-state index in [2.05, 4.69) is 10.3 Å². The highest BCUT2D eigenvalue weighted by Gasteiger charge is 2.19. The van der Waals surface area contributed by atoms with Crippen LogP contribution in [0.15, 0.2) is 96.6 Å². The molecule has 0 bridgehead atoms. The maximum Gasteiger partial charge on any atom is 0.270 e. The van der Waals surface area contributed by atoms with Gasteiger partial charge in [0, 0.05) is 58.2 Å². The number of rotatable bonds is 9. The van der Waals surface area contributed by atoms with E-state index in [0.29, 0.717) is 29.0 Å². The molecule has 5 rings (SSSR count). The van der Waals surface area contributed by atoms with Gasteiger partial charge >= 0.3 is 0 Å². The molecule has 10 heteroatoms. The molecule has 7 nitrogen and oxygen atoms in total. The van der Waals surface area contributed by atoms with Gasteiger partial charge < -0.3 is 10.1 Å². The van der Waals surface area contributed by atoms with Crippen LogP contribution < -0.4 is 10.1 Å². The van der Waals surface area contributed by atoms with Crippen molar-refractivity contribution in [2.45, 2.75) is 13.2 Å². The number of amides is 1. The summed E-state index contributed by atoms with van der Waals surface area (Å²) in [5.41, 5.74) is 4.00. The van der Waals surface area contributed by atoms with E-state index in [0.717, 1.165) is 21.6 Å². The fraction of sp³-hybridized carbons (Fsp3) is 0.0667. The topological polar surface area (TPSA) is 94.4 Å². The summed E-state index contributed by atoms with van der Waals surface area (Å²) in [6, 6.07) is 21.1. The molecule has 2 heterocycles. The van der Waals surface area contributed by atoms with Crippen molar-refractivity contribution >= 4 is 34.5 Å². The average Bonchev–Trinajstić information content (AvgIpc) is 3.46. The number of carbonyl (C=O) groups is 1. The molecule has 0 fully saturated rings. The number of carbonyl (C=O) groups excluding carboxylic acids is 1. The van der Waals surface area contributed by atoms with Crippen molar-refractivity contribution in [2.24, 2.45) is 0 Å². The highest BCUT2D eigenvalue weighted by Crippen LogP contribution is 2.42. The van der Waals surface area contributed by atoms with Crippen molar-refractivity contribution in [3.63, 3.8) is 0 Å². The maximum absolute atomic E-state index is 13.5. The zero-order valence-electron chi connectivity index (χ0n) is 20.8. The predicted octanol–water partition coefficient (Wildman–Crippen LogP) is 7.69. The van der Waals surface area contributed by atoms with Gasteiger partial charge in [0.1, 0.15) is 18.2 Å². The highest BCUT2D eigenvalue weighted by molar-refractivity contribution is 7.14. The molecule has 0 radical (unpaired) electrons. The lowest BCUT2D eigenvalue weighted by Gasteiger charge is -2.13. The van der Waals surface area contributed by atoms with Crippen molar-refractivity contribution in [3.8, 4) is 27.3 Å². The Bertz CT molecular complexity index is 1680. The van der Waals surface area contributed by atoms with Gasteiger partial charge in [-0.2, -0.15) is 0 Å². The minimum atomic E-state index is -0.463. The van der Waals surface area contributed by atoms with Crippen LogP contribution in [0.3, 0.4) is 0 Å². The summed E-state index contributed by atoms with van der Waals surface area (Å²) >= 11 is 7.62. The predicted molar refractivity (Wildman–Crippen MR) is 153 cm³/mol. The largest absolute Gasteiger partial charge is 0.488 e. The van der Waals surface area contributed by atoms with Crippen LogP contribution in [-0.4, -0.2) is 15.8 Å². The van der Waals surface area contributed by atoms with Crippen molar-refractivity contribution in [1.29, 1.82) is 0 Å². The van der Waals surface area contributed by atoms with E-state index in [1.54, 1.807) is 30.6 Å². The van der Waals surface area contributed by atoms with E-state index in [9.17, 15) is 19.3 Å². The summed E-state index contributed by atoms with van der Waals surface area (Å²) in [6.07, 6.45) is 3.37. The molecule has 0 atom stereocenters. The molecule has 5 aromatic rings. The molecule has 0 aliphatic rings. The van der Waals surface area contributed by atoms with Gasteiger partial charge in [-0.25, -0.2) is 4.39 Å². The Morgan fingerprint density at radius 2 is 1.88 bits per heavy atom. The maximum atomic E-state index is 13.5. The van der Waals surface area contributed by atoms with E-state index >= 15 is 0 Å². The first kappa shape index (κ1) is 27.0. The standard InChI is InChI=1S/C30H21ClFN3O4S/c31-27-14-23(32)8-7-22(27)18-39-28-10-9-24(35(37)38)15-26(28)25-11-13-40-29(25)20-3-5-21(6-4-20)30(36)34-17-19-2-1-12-33-16-19/h1-16H,17-18H2,(H,34,36). The third kappa shape index (κ3) is 6.17. The quantitative estimate of drug-likeness (QED) is 0.144. The van der Waals surface area contributed by atoms with Gasteiger partial charge in [0.25, 0.3) is 11.6 Å². The van der Waals surface area contributed by atoms with Crippen molar-refractivity contribution in [1.82, 2.24) is 10.3 Å². The van der Waals surface area contributed by atoms with E-state index in [1.165, 1.54) is 41.7 Å². The Hall–Kier alpha value is -4.60. The number of halogens is 2. The highest BCUT2D eigenvalue weighted by atomic mass is 35.5. The molecule has 0 aliphatic carbocycles. The second-order valence-corrected chi connectivity index (χ2v) is 10.1. The number of benzene rings is 3. The molecule has 2 aromatic heterocycles. The number of nitrogens with zero attached hydrogens (tertiary/aromatic N) is 2. The summed E-state index contributed by atoms with van der Waals surface area (Å²) in [4.78, 5) is 28.6. The number of nitrogens with one attached hydrogen (secondary N) is 1. The smallest absolute Gasteiger partial charge is 0.270 e. The number of thiophene rings is 1. The molecular weight excluding hydrogens is 553 g/mol. The Morgan fingerprint density at radius 1 is 1.05 bits per heavy atom. The number of non-ortho nitro benzene ring substituents is 1. The summed E-state index contributed by atoms with van der Waals surface area (Å²) in [5.74, 6) is -0.252. The molecule has 0 unspecified atom stereocenters. The second kappa shape index (κ2) is 12.1. The lowest BCUT2D eigenvalue weighted by atomic mass is 10.0. The average molecular weight is 574 g/mol. The molecular formula is C30H21ClFN3O4S. The van der Waals surface area contributed by atoms with Gasteiger partial charge in [-0.3, -0.25) is 19.9 Å². The Balaban J connectivity index is 1.40. The summed E-state index contributed by atoms with van der Waals surface area (Å²) in [6.45, 7) is 0.411. The van der Waals surface area contributed by atoms with Crippen LogP contribution in [0.25, 0.3) is 21.6 Å². The van der Waals surface area contributed by atoms with Gasteiger partial charge in [0.05, 0.1) is 9.95 Å². The van der Waals surface area contributed by atoms with Gasteiger partial charge in [0.2, 0.25) is 0 Å². The molecule has 1 N–H and O–H groups in total. The lowest BCUT2D eigenvalue weighted by molar-refractivity contribution is -0.384. The van der Waals surface area contributed by atoms with E-state index in [-0.39, 0.29) is 23.2 Å². The monoisotopic (exact) mass is 573 g/mol. The van der Waals surface area contributed by atoms with Crippen LogP contribution in [0.2, 0.25) is 5.02 Å². The van der Waals surface area contributed by atoms with E-state index in [4.69, 9.17) is 16.3 Å². The second-order valence-electron chi connectivity index (χ2n) is 8.75. The van der Waals surface area contributed by atoms with Gasteiger partial charge in [-0.15, -0.1) is 11.3 Å². The third-order valence-electron chi connectivity index (χ3n) is 6.11. The zero-order valence-corrected chi connectivity index (χ0v) is 22.4.